The van der Waals surface area contributed by atoms with E-state index in [9.17, 15) is 4.79 Å². The Morgan fingerprint density at radius 2 is 1.81 bits per heavy atom. The molecule has 0 aliphatic rings. The van der Waals surface area contributed by atoms with Crippen molar-refractivity contribution in [3.05, 3.63) is 89.0 Å². The molecule has 0 atom stereocenters. The zero-order valence-corrected chi connectivity index (χ0v) is 19.1. The number of aromatic nitrogens is 1. The van der Waals surface area contributed by atoms with Gasteiger partial charge >= 0.3 is 0 Å². The molecular formula is C26H26N2O3S. The number of thiazole rings is 1. The van der Waals surface area contributed by atoms with Crippen molar-refractivity contribution in [1.82, 2.24) is 4.98 Å². The van der Waals surface area contributed by atoms with Crippen LogP contribution in [-0.2, 0) is 17.6 Å². The van der Waals surface area contributed by atoms with Gasteiger partial charge < -0.3 is 9.47 Å². The topological polar surface area (TPSA) is 60.5 Å². The van der Waals surface area contributed by atoms with Gasteiger partial charge in [-0.05, 0) is 68.1 Å². The number of ether oxygens (including phenoxy) is 2. The van der Waals surface area contributed by atoms with Crippen molar-refractivity contribution in [2.45, 2.75) is 26.7 Å². The van der Waals surface area contributed by atoms with E-state index in [1.807, 2.05) is 49.4 Å². The number of carbonyl (C=O) groups is 1. The molecule has 32 heavy (non-hydrogen) atoms. The first kappa shape index (κ1) is 22.0. The summed E-state index contributed by atoms with van der Waals surface area (Å²) in [7, 11) is 0. The molecule has 4 aromatic rings. The van der Waals surface area contributed by atoms with Gasteiger partial charge in [0.1, 0.15) is 5.75 Å². The molecule has 1 N–H and O–H groups in total. The maximum absolute atomic E-state index is 12.7. The molecule has 1 amide bonds. The SMILES string of the molecule is CCOCOc1ccc2nc(NC(=O)c3ccc(CCc4cccc(C)c4)cc3)sc2c1. The maximum atomic E-state index is 12.7. The summed E-state index contributed by atoms with van der Waals surface area (Å²) in [5, 5.41) is 3.47. The van der Waals surface area contributed by atoms with Crippen LogP contribution in [0.1, 0.15) is 34.0 Å². The van der Waals surface area contributed by atoms with E-state index in [0.717, 1.165) is 23.1 Å². The van der Waals surface area contributed by atoms with Crippen LogP contribution in [0, 0.1) is 6.92 Å². The van der Waals surface area contributed by atoms with Crippen molar-refractivity contribution in [1.29, 1.82) is 0 Å². The fourth-order valence-corrected chi connectivity index (χ4v) is 4.28. The second-order valence-electron chi connectivity index (χ2n) is 7.54. The van der Waals surface area contributed by atoms with E-state index in [1.165, 1.54) is 28.0 Å². The largest absolute Gasteiger partial charge is 0.468 e. The number of nitrogens with one attached hydrogen (secondary N) is 1. The Kier molecular flexibility index (Phi) is 7.14. The van der Waals surface area contributed by atoms with Crippen LogP contribution in [0.25, 0.3) is 10.2 Å². The molecule has 0 saturated carbocycles. The molecule has 1 heterocycles. The van der Waals surface area contributed by atoms with E-state index in [1.54, 1.807) is 0 Å². The summed E-state index contributed by atoms with van der Waals surface area (Å²) in [6, 6.07) is 22.0. The van der Waals surface area contributed by atoms with E-state index in [4.69, 9.17) is 9.47 Å². The second-order valence-corrected chi connectivity index (χ2v) is 8.57. The molecule has 1 aromatic heterocycles. The zero-order valence-electron chi connectivity index (χ0n) is 18.3. The molecule has 0 bridgehead atoms. The summed E-state index contributed by atoms with van der Waals surface area (Å²) in [5.74, 6) is 0.552. The molecule has 0 saturated heterocycles. The van der Waals surface area contributed by atoms with Crippen molar-refractivity contribution < 1.29 is 14.3 Å². The summed E-state index contributed by atoms with van der Waals surface area (Å²) in [5.41, 5.74) is 5.25. The average Bonchev–Trinajstić information content (AvgIpc) is 3.20. The van der Waals surface area contributed by atoms with Crippen molar-refractivity contribution in [2.75, 3.05) is 18.7 Å². The number of fused-ring (bicyclic) bond motifs is 1. The lowest BCUT2D eigenvalue weighted by Gasteiger charge is -2.05. The van der Waals surface area contributed by atoms with E-state index in [2.05, 4.69) is 41.5 Å². The van der Waals surface area contributed by atoms with E-state index >= 15 is 0 Å². The van der Waals surface area contributed by atoms with Crippen molar-refractivity contribution in [3.8, 4) is 5.75 Å². The van der Waals surface area contributed by atoms with E-state index in [-0.39, 0.29) is 12.7 Å². The van der Waals surface area contributed by atoms with Gasteiger partial charge in [-0.25, -0.2) is 4.98 Å². The Balaban J connectivity index is 1.36. The predicted octanol–water partition coefficient (Wildman–Crippen LogP) is 6.02. The number of nitrogens with zero attached hydrogens (tertiary/aromatic N) is 1. The van der Waals surface area contributed by atoms with Crippen molar-refractivity contribution in [2.24, 2.45) is 0 Å². The average molecular weight is 447 g/mol. The molecule has 0 radical (unpaired) electrons. The molecule has 0 fully saturated rings. The third-order valence-electron chi connectivity index (χ3n) is 5.09. The minimum Gasteiger partial charge on any atom is -0.468 e. The van der Waals surface area contributed by atoms with Gasteiger partial charge in [-0.1, -0.05) is 53.3 Å². The van der Waals surface area contributed by atoms with Crippen LogP contribution in [0.3, 0.4) is 0 Å². The Hall–Kier alpha value is -3.22. The number of rotatable bonds is 9. The first-order valence-electron chi connectivity index (χ1n) is 10.7. The van der Waals surface area contributed by atoms with Crippen molar-refractivity contribution >= 4 is 32.6 Å². The highest BCUT2D eigenvalue weighted by molar-refractivity contribution is 7.22. The molecule has 0 aliphatic carbocycles. The Morgan fingerprint density at radius 3 is 2.59 bits per heavy atom. The number of hydrogen-bond acceptors (Lipinski definition) is 5. The van der Waals surface area contributed by atoms with Crippen LogP contribution in [-0.4, -0.2) is 24.3 Å². The van der Waals surface area contributed by atoms with Crippen LogP contribution in [0.5, 0.6) is 5.75 Å². The molecule has 4 rings (SSSR count). The van der Waals surface area contributed by atoms with Gasteiger partial charge in [0.05, 0.1) is 10.2 Å². The summed E-state index contributed by atoms with van der Waals surface area (Å²) >= 11 is 1.42. The summed E-state index contributed by atoms with van der Waals surface area (Å²) in [6.07, 6.45) is 1.92. The molecule has 6 heteroatoms. The molecule has 0 aliphatic heterocycles. The summed E-state index contributed by atoms with van der Waals surface area (Å²) in [6.45, 7) is 4.85. The maximum Gasteiger partial charge on any atom is 0.257 e. The molecule has 0 spiro atoms. The molecule has 0 unspecified atom stereocenters. The van der Waals surface area contributed by atoms with Gasteiger partial charge in [-0.15, -0.1) is 0 Å². The monoisotopic (exact) mass is 446 g/mol. The van der Waals surface area contributed by atoms with Gasteiger partial charge in [-0.3, -0.25) is 10.1 Å². The lowest BCUT2D eigenvalue weighted by molar-refractivity contribution is 0.0225. The van der Waals surface area contributed by atoms with Gasteiger partial charge in [-0.2, -0.15) is 0 Å². The first-order valence-corrected chi connectivity index (χ1v) is 11.5. The number of hydrogen-bond donors (Lipinski definition) is 1. The smallest absolute Gasteiger partial charge is 0.257 e. The standard InChI is InChI=1S/C26H26N2O3S/c1-3-30-17-31-22-13-14-23-24(16-22)32-26(27-23)28-25(29)21-11-9-19(10-12-21)7-8-20-6-4-5-18(2)15-20/h4-6,9-16H,3,7-8,17H2,1-2H3,(H,27,28,29). The minimum atomic E-state index is -0.165. The third-order valence-corrected chi connectivity index (χ3v) is 6.03. The molecule has 3 aromatic carbocycles. The Morgan fingerprint density at radius 1 is 1.00 bits per heavy atom. The molecule has 164 valence electrons. The van der Waals surface area contributed by atoms with Crippen LogP contribution in [0.4, 0.5) is 5.13 Å². The van der Waals surface area contributed by atoms with Gasteiger partial charge in [0.25, 0.3) is 5.91 Å². The highest BCUT2D eigenvalue weighted by Crippen LogP contribution is 2.29. The van der Waals surface area contributed by atoms with Crippen LogP contribution < -0.4 is 10.1 Å². The van der Waals surface area contributed by atoms with Crippen LogP contribution >= 0.6 is 11.3 Å². The van der Waals surface area contributed by atoms with Crippen LogP contribution in [0.2, 0.25) is 0 Å². The zero-order chi connectivity index (χ0) is 22.3. The van der Waals surface area contributed by atoms with Crippen LogP contribution in [0.15, 0.2) is 66.7 Å². The number of aryl methyl sites for hydroxylation is 3. The minimum absolute atomic E-state index is 0.165. The fourth-order valence-electron chi connectivity index (χ4n) is 3.39. The summed E-state index contributed by atoms with van der Waals surface area (Å²) in [4.78, 5) is 17.2. The number of carbonyl (C=O) groups excluding carboxylic acids is 1. The normalized spacial score (nSPS) is 10.9. The second kappa shape index (κ2) is 10.4. The lowest BCUT2D eigenvalue weighted by atomic mass is 10.0. The van der Waals surface area contributed by atoms with Crippen molar-refractivity contribution in [3.63, 3.8) is 0 Å². The van der Waals surface area contributed by atoms with Gasteiger partial charge in [0, 0.05) is 12.2 Å². The fraction of sp³-hybridized carbons (Fsp3) is 0.231. The first-order chi connectivity index (χ1) is 15.6. The highest BCUT2D eigenvalue weighted by atomic mass is 32.1. The molecular weight excluding hydrogens is 420 g/mol. The third kappa shape index (κ3) is 5.72. The molecule has 5 nitrogen and oxygen atoms in total. The Labute approximate surface area is 192 Å². The quantitative estimate of drug-likeness (QED) is 0.252. The number of benzene rings is 3. The number of amides is 1. The van der Waals surface area contributed by atoms with E-state index in [0.29, 0.717) is 23.1 Å². The lowest BCUT2D eigenvalue weighted by Crippen LogP contribution is -2.11. The highest BCUT2D eigenvalue weighted by Gasteiger charge is 2.11. The summed E-state index contributed by atoms with van der Waals surface area (Å²) < 4.78 is 11.7. The van der Waals surface area contributed by atoms with E-state index < -0.39 is 0 Å². The van der Waals surface area contributed by atoms with Gasteiger partial charge in [0.2, 0.25) is 0 Å². The number of anilines is 1. The predicted molar refractivity (Wildman–Crippen MR) is 130 cm³/mol. The Bertz CT molecular complexity index is 1200. The van der Waals surface area contributed by atoms with Gasteiger partial charge in [0.15, 0.2) is 11.9 Å².